The molecule has 1 fully saturated rings. The minimum atomic E-state index is -0.183. The smallest absolute Gasteiger partial charge is 0.261 e. The van der Waals surface area contributed by atoms with Gasteiger partial charge >= 0.3 is 0 Å². The van der Waals surface area contributed by atoms with E-state index in [9.17, 15) is 9.59 Å². The average molecular weight is 401 g/mol. The standard InChI is InChI=1S/C22H32N4O3/c1-23-21(25-16-22(10-7-11-22)12-15-29-2)24-13-5-6-14-26-19(27)17-8-3-4-9-18(17)20(26)28/h3-4,8-9H,5-7,10-16H2,1-2H3,(H2,23,24,25). The van der Waals surface area contributed by atoms with Gasteiger partial charge in [0.2, 0.25) is 0 Å². The van der Waals surface area contributed by atoms with Crippen LogP contribution in [0.25, 0.3) is 0 Å². The highest BCUT2D eigenvalue weighted by Gasteiger charge is 2.36. The van der Waals surface area contributed by atoms with E-state index in [4.69, 9.17) is 4.74 Å². The number of carbonyl (C=O) groups is 2. The molecule has 1 aromatic rings. The fraction of sp³-hybridized carbons (Fsp3) is 0.591. The molecular formula is C22H32N4O3. The van der Waals surface area contributed by atoms with Crippen LogP contribution in [-0.4, -0.2) is 63.1 Å². The Labute approximate surface area is 172 Å². The molecule has 1 heterocycles. The summed E-state index contributed by atoms with van der Waals surface area (Å²) in [6.07, 6.45) is 6.44. The molecule has 29 heavy (non-hydrogen) atoms. The number of benzene rings is 1. The molecule has 0 saturated heterocycles. The summed E-state index contributed by atoms with van der Waals surface area (Å²) in [6, 6.07) is 7.01. The van der Waals surface area contributed by atoms with Gasteiger partial charge in [0.15, 0.2) is 5.96 Å². The topological polar surface area (TPSA) is 83.0 Å². The average Bonchev–Trinajstić information content (AvgIpc) is 2.95. The van der Waals surface area contributed by atoms with E-state index in [2.05, 4.69) is 15.6 Å². The number of unbranched alkanes of at least 4 members (excludes halogenated alkanes) is 1. The van der Waals surface area contributed by atoms with Crippen molar-refractivity contribution in [2.24, 2.45) is 10.4 Å². The Morgan fingerprint density at radius 1 is 1.14 bits per heavy atom. The number of fused-ring (bicyclic) bond motifs is 1. The van der Waals surface area contributed by atoms with Crippen LogP contribution in [0.3, 0.4) is 0 Å². The number of hydrogen-bond donors (Lipinski definition) is 2. The van der Waals surface area contributed by atoms with Crippen molar-refractivity contribution >= 4 is 17.8 Å². The summed E-state index contributed by atoms with van der Waals surface area (Å²) >= 11 is 0. The van der Waals surface area contributed by atoms with Crippen LogP contribution in [-0.2, 0) is 4.74 Å². The third kappa shape index (κ3) is 4.96. The Kier molecular flexibility index (Phi) is 7.25. The van der Waals surface area contributed by atoms with Gasteiger partial charge in [-0.2, -0.15) is 0 Å². The summed E-state index contributed by atoms with van der Waals surface area (Å²) in [5.41, 5.74) is 1.36. The second-order valence-electron chi connectivity index (χ2n) is 7.96. The molecular weight excluding hydrogens is 368 g/mol. The minimum Gasteiger partial charge on any atom is -0.385 e. The van der Waals surface area contributed by atoms with E-state index in [-0.39, 0.29) is 11.8 Å². The largest absolute Gasteiger partial charge is 0.385 e. The van der Waals surface area contributed by atoms with Gasteiger partial charge in [-0.25, -0.2) is 0 Å². The number of ether oxygens (including phenoxy) is 1. The van der Waals surface area contributed by atoms with E-state index in [1.165, 1.54) is 24.2 Å². The van der Waals surface area contributed by atoms with Crippen molar-refractivity contribution in [3.63, 3.8) is 0 Å². The summed E-state index contributed by atoms with van der Waals surface area (Å²) in [6.45, 7) is 2.89. The summed E-state index contributed by atoms with van der Waals surface area (Å²) in [5.74, 6) is 0.435. The maximum atomic E-state index is 12.4. The van der Waals surface area contributed by atoms with Gasteiger partial charge in [-0.05, 0) is 49.7 Å². The monoisotopic (exact) mass is 400 g/mol. The first kappa shape index (κ1) is 21.3. The summed E-state index contributed by atoms with van der Waals surface area (Å²) in [5, 5.41) is 6.77. The van der Waals surface area contributed by atoms with E-state index < -0.39 is 0 Å². The maximum Gasteiger partial charge on any atom is 0.261 e. The van der Waals surface area contributed by atoms with Crippen molar-refractivity contribution in [3.8, 4) is 0 Å². The van der Waals surface area contributed by atoms with Gasteiger partial charge in [0.05, 0.1) is 11.1 Å². The highest BCUT2D eigenvalue weighted by Crippen LogP contribution is 2.43. The lowest BCUT2D eigenvalue weighted by atomic mass is 9.67. The molecule has 0 radical (unpaired) electrons. The number of nitrogens with one attached hydrogen (secondary N) is 2. The van der Waals surface area contributed by atoms with Crippen LogP contribution in [0.5, 0.6) is 0 Å². The van der Waals surface area contributed by atoms with E-state index in [1.807, 2.05) is 0 Å². The zero-order valence-electron chi connectivity index (χ0n) is 17.5. The molecule has 0 bridgehead atoms. The number of imide groups is 1. The molecule has 1 aliphatic carbocycles. The molecule has 2 N–H and O–H groups in total. The SMILES string of the molecule is CN=C(NCCCCN1C(=O)c2ccccc2C1=O)NCC1(CCOC)CCC1. The first-order valence-corrected chi connectivity index (χ1v) is 10.5. The number of nitrogens with zero attached hydrogens (tertiary/aromatic N) is 2. The Hall–Kier alpha value is -2.41. The second-order valence-corrected chi connectivity index (χ2v) is 7.96. The molecule has 0 atom stereocenters. The Balaban J connectivity index is 1.36. The Bertz CT molecular complexity index is 723. The van der Waals surface area contributed by atoms with Crippen LogP contribution in [0.1, 0.15) is 59.2 Å². The maximum absolute atomic E-state index is 12.4. The molecule has 7 heteroatoms. The van der Waals surface area contributed by atoms with Gasteiger partial charge in [-0.1, -0.05) is 18.6 Å². The first-order valence-electron chi connectivity index (χ1n) is 10.5. The molecule has 0 aromatic heterocycles. The first-order chi connectivity index (χ1) is 14.1. The quantitative estimate of drug-likeness (QED) is 0.273. The molecule has 1 aliphatic heterocycles. The van der Waals surface area contributed by atoms with Crippen LogP contribution in [0.4, 0.5) is 0 Å². The zero-order valence-corrected chi connectivity index (χ0v) is 17.5. The summed E-state index contributed by atoms with van der Waals surface area (Å²) < 4.78 is 5.25. The van der Waals surface area contributed by atoms with E-state index in [1.54, 1.807) is 38.4 Å². The van der Waals surface area contributed by atoms with E-state index >= 15 is 0 Å². The highest BCUT2D eigenvalue weighted by atomic mass is 16.5. The Morgan fingerprint density at radius 3 is 2.38 bits per heavy atom. The molecule has 0 unspecified atom stereocenters. The van der Waals surface area contributed by atoms with E-state index in [0.717, 1.165) is 44.9 Å². The fourth-order valence-corrected chi connectivity index (χ4v) is 4.05. The summed E-state index contributed by atoms with van der Waals surface area (Å²) in [7, 11) is 3.53. The van der Waals surface area contributed by atoms with Crippen molar-refractivity contribution in [3.05, 3.63) is 35.4 Å². The number of guanidine groups is 1. The third-order valence-electron chi connectivity index (χ3n) is 6.08. The van der Waals surface area contributed by atoms with Crippen molar-refractivity contribution in [2.45, 2.75) is 38.5 Å². The van der Waals surface area contributed by atoms with Crippen molar-refractivity contribution in [1.29, 1.82) is 0 Å². The van der Waals surface area contributed by atoms with Gasteiger partial charge in [-0.15, -0.1) is 0 Å². The molecule has 1 aromatic carbocycles. The molecule has 2 amide bonds. The molecule has 7 nitrogen and oxygen atoms in total. The van der Waals surface area contributed by atoms with Crippen LogP contribution in [0.15, 0.2) is 29.3 Å². The number of carbonyl (C=O) groups excluding carboxylic acids is 2. The minimum absolute atomic E-state index is 0.183. The molecule has 3 rings (SSSR count). The van der Waals surface area contributed by atoms with Crippen molar-refractivity contribution < 1.29 is 14.3 Å². The number of aliphatic imine (C=N–C) groups is 1. The number of rotatable bonds is 10. The number of hydrogen-bond acceptors (Lipinski definition) is 4. The van der Waals surface area contributed by atoms with Gasteiger partial charge in [-0.3, -0.25) is 19.5 Å². The fourth-order valence-electron chi connectivity index (χ4n) is 4.05. The molecule has 0 spiro atoms. The van der Waals surface area contributed by atoms with Crippen molar-refractivity contribution in [2.75, 3.05) is 40.4 Å². The lowest BCUT2D eigenvalue weighted by molar-refractivity contribution is 0.0652. The molecule has 1 saturated carbocycles. The number of methoxy groups -OCH3 is 1. The van der Waals surface area contributed by atoms with Crippen molar-refractivity contribution in [1.82, 2.24) is 15.5 Å². The van der Waals surface area contributed by atoms with E-state index in [0.29, 0.717) is 23.1 Å². The van der Waals surface area contributed by atoms with Crippen LogP contribution >= 0.6 is 0 Å². The van der Waals surface area contributed by atoms with Crippen LogP contribution in [0, 0.1) is 5.41 Å². The van der Waals surface area contributed by atoms with Crippen LogP contribution < -0.4 is 10.6 Å². The molecule has 158 valence electrons. The lowest BCUT2D eigenvalue weighted by Crippen LogP contribution is -2.47. The van der Waals surface area contributed by atoms with Gasteiger partial charge in [0.1, 0.15) is 0 Å². The van der Waals surface area contributed by atoms with Gasteiger partial charge in [0, 0.05) is 40.4 Å². The predicted octanol–water partition coefficient (Wildman–Crippen LogP) is 2.43. The summed E-state index contributed by atoms with van der Waals surface area (Å²) in [4.78, 5) is 30.4. The molecule has 2 aliphatic rings. The third-order valence-corrected chi connectivity index (χ3v) is 6.08. The lowest BCUT2D eigenvalue weighted by Gasteiger charge is -2.42. The van der Waals surface area contributed by atoms with Gasteiger partial charge in [0.25, 0.3) is 11.8 Å². The Morgan fingerprint density at radius 2 is 1.83 bits per heavy atom. The van der Waals surface area contributed by atoms with Gasteiger partial charge < -0.3 is 15.4 Å². The number of amides is 2. The normalized spacial score (nSPS) is 17.9. The predicted molar refractivity (Wildman–Crippen MR) is 113 cm³/mol. The highest BCUT2D eigenvalue weighted by molar-refractivity contribution is 6.21. The zero-order chi connectivity index (χ0) is 20.7. The second kappa shape index (κ2) is 9.87. The van der Waals surface area contributed by atoms with Crippen LogP contribution in [0.2, 0.25) is 0 Å².